The van der Waals surface area contributed by atoms with Gasteiger partial charge in [-0.3, -0.25) is 9.52 Å². The number of carbonyl (C=O) groups is 2. The minimum Gasteiger partial charge on any atom is -0.352 e. The number of nitrogens with two attached hydrogens (primary N) is 2. The molecule has 0 spiro atoms. The standard InChI is InChI=1S/C17H21N5O4S/c1-11-5-2-3-8-14(11)15(21-17(18)24)10-16(23)20-12-6-4-7-13(9-12)22-27(19,25)26/h2-9,15,22H,10H2,1H3,(H,20,23)(H3,18,21,24)(H2,19,25,26). The zero-order valence-electron chi connectivity index (χ0n) is 14.6. The van der Waals surface area contributed by atoms with Gasteiger partial charge in [-0.2, -0.15) is 8.42 Å². The number of hydrogen-bond acceptors (Lipinski definition) is 4. The van der Waals surface area contributed by atoms with Crippen molar-refractivity contribution < 1.29 is 18.0 Å². The Bertz CT molecular complexity index is 946. The predicted octanol–water partition coefficient (Wildman–Crippen LogP) is 1.35. The van der Waals surface area contributed by atoms with Gasteiger partial charge in [-0.15, -0.1) is 0 Å². The fourth-order valence-corrected chi connectivity index (χ4v) is 3.07. The second kappa shape index (κ2) is 8.52. The van der Waals surface area contributed by atoms with Gasteiger partial charge in [0.05, 0.1) is 18.2 Å². The average Bonchev–Trinajstić information content (AvgIpc) is 2.53. The molecule has 0 saturated heterocycles. The van der Waals surface area contributed by atoms with Gasteiger partial charge in [0.1, 0.15) is 0 Å². The molecular formula is C17H21N5O4S. The highest BCUT2D eigenvalue weighted by atomic mass is 32.2. The van der Waals surface area contributed by atoms with Crippen LogP contribution in [-0.2, 0) is 15.0 Å². The number of anilines is 2. The fourth-order valence-electron chi connectivity index (χ4n) is 2.61. The molecule has 10 heteroatoms. The molecule has 0 aliphatic heterocycles. The summed E-state index contributed by atoms with van der Waals surface area (Å²) in [6, 6.07) is 12.1. The minimum atomic E-state index is -3.92. The third-order valence-corrected chi connectivity index (χ3v) is 4.20. The maximum Gasteiger partial charge on any atom is 0.312 e. The summed E-state index contributed by atoms with van der Waals surface area (Å²) in [5.41, 5.74) is 7.49. The summed E-state index contributed by atoms with van der Waals surface area (Å²) in [5.74, 6) is -0.384. The fraction of sp³-hybridized carbons (Fsp3) is 0.176. The van der Waals surface area contributed by atoms with E-state index in [4.69, 9.17) is 10.9 Å². The summed E-state index contributed by atoms with van der Waals surface area (Å²) < 4.78 is 24.3. The molecule has 9 nitrogen and oxygen atoms in total. The van der Waals surface area contributed by atoms with E-state index in [2.05, 4.69) is 15.4 Å². The van der Waals surface area contributed by atoms with Crippen molar-refractivity contribution in [2.75, 3.05) is 10.0 Å². The maximum atomic E-state index is 12.4. The van der Waals surface area contributed by atoms with Crippen molar-refractivity contribution >= 4 is 33.5 Å². The molecule has 0 heterocycles. The molecule has 144 valence electrons. The number of carbonyl (C=O) groups excluding carboxylic acids is 2. The number of hydrogen-bond donors (Lipinski definition) is 5. The summed E-state index contributed by atoms with van der Waals surface area (Å²) in [4.78, 5) is 23.7. The van der Waals surface area contributed by atoms with Crippen LogP contribution < -0.4 is 26.2 Å². The molecular weight excluding hydrogens is 370 g/mol. The van der Waals surface area contributed by atoms with Crippen molar-refractivity contribution in [2.24, 2.45) is 10.9 Å². The van der Waals surface area contributed by atoms with Crippen molar-refractivity contribution in [3.63, 3.8) is 0 Å². The Kier molecular flexibility index (Phi) is 6.37. The molecule has 0 aromatic heterocycles. The van der Waals surface area contributed by atoms with E-state index >= 15 is 0 Å². The number of nitrogens with one attached hydrogen (secondary N) is 3. The number of urea groups is 1. The number of rotatable bonds is 7. The van der Waals surface area contributed by atoms with Crippen molar-refractivity contribution in [3.8, 4) is 0 Å². The van der Waals surface area contributed by atoms with Crippen LogP contribution in [0.3, 0.4) is 0 Å². The molecule has 3 amide bonds. The third kappa shape index (κ3) is 6.60. The summed E-state index contributed by atoms with van der Waals surface area (Å²) in [6.07, 6.45) is -0.0549. The Hall–Kier alpha value is -3.11. The minimum absolute atomic E-state index is 0.0549. The highest BCUT2D eigenvalue weighted by Gasteiger charge is 2.19. The SMILES string of the molecule is Cc1ccccc1C(CC(=O)Nc1cccc(NS(N)(=O)=O)c1)NC(N)=O. The van der Waals surface area contributed by atoms with Gasteiger partial charge in [-0.25, -0.2) is 9.93 Å². The number of benzene rings is 2. The molecule has 0 radical (unpaired) electrons. The summed E-state index contributed by atoms with van der Waals surface area (Å²) in [5, 5.41) is 10.2. The molecule has 0 bridgehead atoms. The van der Waals surface area contributed by atoms with Crippen LogP contribution in [-0.4, -0.2) is 20.4 Å². The number of amides is 3. The Morgan fingerprint density at radius 2 is 1.74 bits per heavy atom. The lowest BCUT2D eigenvalue weighted by Crippen LogP contribution is -2.35. The summed E-state index contributed by atoms with van der Waals surface area (Å²) in [6.45, 7) is 1.87. The van der Waals surface area contributed by atoms with Gasteiger partial charge in [-0.1, -0.05) is 30.3 Å². The summed E-state index contributed by atoms with van der Waals surface area (Å²) in [7, 11) is -3.92. The van der Waals surface area contributed by atoms with E-state index in [1.165, 1.54) is 12.1 Å². The van der Waals surface area contributed by atoms with E-state index in [0.717, 1.165) is 11.1 Å². The predicted molar refractivity (Wildman–Crippen MR) is 103 cm³/mol. The molecule has 2 aromatic rings. The molecule has 0 saturated carbocycles. The Labute approximate surface area is 157 Å². The van der Waals surface area contributed by atoms with Crippen LogP contribution in [0, 0.1) is 6.92 Å². The smallest absolute Gasteiger partial charge is 0.312 e. The zero-order chi connectivity index (χ0) is 20.0. The quantitative estimate of drug-likeness (QED) is 0.483. The molecule has 0 aliphatic rings. The van der Waals surface area contributed by atoms with Crippen LogP contribution in [0.1, 0.15) is 23.6 Å². The highest BCUT2D eigenvalue weighted by molar-refractivity contribution is 7.90. The lowest BCUT2D eigenvalue weighted by Gasteiger charge is -2.19. The largest absolute Gasteiger partial charge is 0.352 e. The van der Waals surface area contributed by atoms with Crippen LogP contribution in [0.15, 0.2) is 48.5 Å². The summed E-state index contributed by atoms with van der Waals surface area (Å²) >= 11 is 0. The normalized spacial score (nSPS) is 12.1. The first kappa shape index (κ1) is 20.2. The van der Waals surface area contributed by atoms with Crippen molar-refractivity contribution in [2.45, 2.75) is 19.4 Å². The topological polar surface area (TPSA) is 156 Å². The second-order valence-electron chi connectivity index (χ2n) is 5.90. The molecule has 1 atom stereocenters. The molecule has 27 heavy (non-hydrogen) atoms. The Balaban J connectivity index is 2.13. The van der Waals surface area contributed by atoms with Gasteiger partial charge in [0.2, 0.25) is 5.91 Å². The molecule has 7 N–H and O–H groups in total. The van der Waals surface area contributed by atoms with Gasteiger partial charge in [0.25, 0.3) is 10.2 Å². The Morgan fingerprint density at radius 1 is 1.07 bits per heavy atom. The molecule has 0 fully saturated rings. The monoisotopic (exact) mass is 391 g/mol. The van der Waals surface area contributed by atoms with Crippen LogP contribution >= 0.6 is 0 Å². The lowest BCUT2D eigenvalue weighted by atomic mass is 9.98. The molecule has 1 unspecified atom stereocenters. The van der Waals surface area contributed by atoms with Crippen molar-refractivity contribution in [3.05, 3.63) is 59.7 Å². The zero-order valence-corrected chi connectivity index (χ0v) is 15.4. The first-order chi connectivity index (χ1) is 12.6. The van der Waals surface area contributed by atoms with Gasteiger partial charge in [0, 0.05) is 5.69 Å². The van der Waals surface area contributed by atoms with Crippen LogP contribution in [0.25, 0.3) is 0 Å². The maximum absolute atomic E-state index is 12.4. The number of primary amides is 1. The second-order valence-corrected chi connectivity index (χ2v) is 7.19. The van der Waals surface area contributed by atoms with Gasteiger partial charge in [-0.05, 0) is 36.2 Å². The lowest BCUT2D eigenvalue weighted by molar-refractivity contribution is -0.116. The first-order valence-corrected chi connectivity index (χ1v) is 9.50. The van der Waals surface area contributed by atoms with Crippen LogP contribution in [0.4, 0.5) is 16.2 Å². The van der Waals surface area contributed by atoms with Gasteiger partial charge in [0.15, 0.2) is 0 Å². The van der Waals surface area contributed by atoms with Crippen LogP contribution in [0.2, 0.25) is 0 Å². The van der Waals surface area contributed by atoms with E-state index < -0.39 is 22.3 Å². The van der Waals surface area contributed by atoms with E-state index in [1.807, 2.05) is 19.1 Å². The van der Waals surface area contributed by atoms with Crippen molar-refractivity contribution in [1.82, 2.24) is 5.32 Å². The average molecular weight is 391 g/mol. The van der Waals surface area contributed by atoms with Gasteiger partial charge < -0.3 is 16.4 Å². The number of aryl methyl sites for hydroxylation is 1. The third-order valence-electron chi connectivity index (χ3n) is 3.68. The molecule has 0 aliphatic carbocycles. The van der Waals surface area contributed by atoms with E-state index in [0.29, 0.717) is 5.69 Å². The van der Waals surface area contributed by atoms with Gasteiger partial charge >= 0.3 is 6.03 Å². The van der Waals surface area contributed by atoms with Crippen LogP contribution in [0.5, 0.6) is 0 Å². The van der Waals surface area contributed by atoms with E-state index in [-0.39, 0.29) is 18.0 Å². The first-order valence-electron chi connectivity index (χ1n) is 7.96. The highest BCUT2D eigenvalue weighted by Crippen LogP contribution is 2.22. The Morgan fingerprint density at radius 3 is 2.37 bits per heavy atom. The van der Waals surface area contributed by atoms with E-state index in [1.54, 1.807) is 24.3 Å². The van der Waals surface area contributed by atoms with Crippen molar-refractivity contribution in [1.29, 1.82) is 0 Å². The molecule has 2 aromatic carbocycles. The molecule has 2 rings (SSSR count). The van der Waals surface area contributed by atoms with E-state index in [9.17, 15) is 18.0 Å².